The Kier molecular flexibility index (Phi) is 6.37. The molecule has 0 fully saturated rings. The largest absolute Gasteiger partial charge is 0.492 e. The van der Waals surface area contributed by atoms with E-state index in [4.69, 9.17) is 4.74 Å². The number of carbonyl (C=O) groups is 2. The van der Waals surface area contributed by atoms with Gasteiger partial charge in [0, 0.05) is 5.56 Å². The minimum Gasteiger partial charge on any atom is -0.492 e. The van der Waals surface area contributed by atoms with Crippen LogP contribution in [0.5, 0.6) is 5.75 Å². The van der Waals surface area contributed by atoms with Crippen LogP contribution in [0, 0.1) is 13.8 Å². The van der Waals surface area contributed by atoms with E-state index >= 15 is 0 Å². The summed E-state index contributed by atoms with van der Waals surface area (Å²) in [6.07, 6.45) is 0. The van der Waals surface area contributed by atoms with E-state index in [0.717, 1.165) is 16.9 Å². The van der Waals surface area contributed by atoms with Crippen molar-refractivity contribution in [3.05, 3.63) is 65.2 Å². The Hall–Kier alpha value is -2.82. The predicted molar refractivity (Wildman–Crippen MR) is 93.2 cm³/mol. The summed E-state index contributed by atoms with van der Waals surface area (Å²) < 4.78 is 5.48. The lowest BCUT2D eigenvalue weighted by Crippen LogP contribution is -2.38. The third-order valence-electron chi connectivity index (χ3n) is 3.33. The van der Waals surface area contributed by atoms with Crippen molar-refractivity contribution in [2.24, 2.45) is 0 Å². The highest BCUT2D eigenvalue weighted by molar-refractivity contribution is 5.96. The minimum atomic E-state index is -0.252. The van der Waals surface area contributed by atoms with Crippen LogP contribution >= 0.6 is 0 Å². The minimum absolute atomic E-state index is 0.0584. The molecule has 2 amide bonds. The molecule has 0 aliphatic heterocycles. The fraction of sp³-hybridized carbons (Fsp3) is 0.263. The summed E-state index contributed by atoms with van der Waals surface area (Å²) in [4.78, 5) is 23.8. The monoisotopic (exact) mass is 326 g/mol. The summed E-state index contributed by atoms with van der Waals surface area (Å²) in [5, 5.41) is 5.32. The number of para-hydroxylation sites is 1. The Balaban J connectivity index is 1.68. The number of carbonyl (C=O) groups excluding carboxylic acids is 2. The number of amides is 2. The standard InChI is InChI=1S/C19H22N2O3/c1-14-10-15(2)12-16(11-14)19(23)21-13-18(22)20-8-9-24-17-6-4-3-5-7-17/h3-7,10-12H,8-9,13H2,1-2H3,(H,20,22)(H,21,23). The molecule has 0 saturated heterocycles. The molecule has 5 nitrogen and oxygen atoms in total. The summed E-state index contributed by atoms with van der Waals surface area (Å²) in [5.41, 5.74) is 2.60. The molecule has 126 valence electrons. The molecule has 0 aliphatic rings. The highest BCUT2D eigenvalue weighted by Gasteiger charge is 2.08. The first kappa shape index (κ1) is 17.5. The number of benzene rings is 2. The second kappa shape index (κ2) is 8.72. The van der Waals surface area contributed by atoms with Crippen molar-refractivity contribution in [2.75, 3.05) is 19.7 Å². The first-order valence-electron chi connectivity index (χ1n) is 7.85. The maximum Gasteiger partial charge on any atom is 0.251 e. The Morgan fingerprint density at radius 3 is 2.29 bits per heavy atom. The number of nitrogens with one attached hydrogen (secondary N) is 2. The molecule has 2 aromatic carbocycles. The maximum absolute atomic E-state index is 12.1. The second-order valence-corrected chi connectivity index (χ2v) is 5.57. The fourth-order valence-electron chi connectivity index (χ4n) is 2.31. The molecule has 0 heterocycles. The molecule has 24 heavy (non-hydrogen) atoms. The van der Waals surface area contributed by atoms with E-state index in [1.54, 1.807) is 12.1 Å². The summed E-state index contributed by atoms with van der Waals surface area (Å²) in [6, 6.07) is 15.0. The average molecular weight is 326 g/mol. The first-order chi connectivity index (χ1) is 11.5. The van der Waals surface area contributed by atoms with Crippen molar-refractivity contribution in [1.82, 2.24) is 10.6 Å². The van der Waals surface area contributed by atoms with Gasteiger partial charge in [0.05, 0.1) is 13.1 Å². The van der Waals surface area contributed by atoms with Crippen molar-refractivity contribution in [1.29, 1.82) is 0 Å². The quantitative estimate of drug-likeness (QED) is 0.767. The van der Waals surface area contributed by atoms with Gasteiger partial charge in [-0.25, -0.2) is 0 Å². The molecule has 0 radical (unpaired) electrons. The summed E-state index contributed by atoms with van der Waals surface area (Å²) in [6.45, 7) is 4.57. The van der Waals surface area contributed by atoms with Gasteiger partial charge < -0.3 is 15.4 Å². The van der Waals surface area contributed by atoms with E-state index in [2.05, 4.69) is 10.6 Å². The van der Waals surface area contributed by atoms with Crippen molar-refractivity contribution in [3.8, 4) is 5.75 Å². The molecule has 0 aromatic heterocycles. The van der Waals surface area contributed by atoms with E-state index in [1.165, 1.54) is 0 Å². The van der Waals surface area contributed by atoms with Crippen LogP contribution in [0.4, 0.5) is 0 Å². The zero-order chi connectivity index (χ0) is 17.4. The number of ether oxygens (including phenoxy) is 1. The molecule has 0 atom stereocenters. The van der Waals surface area contributed by atoms with Crippen LogP contribution in [0.2, 0.25) is 0 Å². The van der Waals surface area contributed by atoms with Crippen LogP contribution in [0.25, 0.3) is 0 Å². The third kappa shape index (κ3) is 5.76. The lowest BCUT2D eigenvalue weighted by molar-refractivity contribution is -0.120. The highest BCUT2D eigenvalue weighted by Crippen LogP contribution is 2.08. The number of hydrogen-bond donors (Lipinski definition) is 2. The summed E-state index contributed by atoms with van der Waals surface area (Å²) in [5.74, 6) is 0.261. The third-order valence-corrected chi connectivity index (χ3v) is 3.33. The van der Waals surface area contributed by atoms with Crippen LogP contribution in [-0.4, -0.2) is 31.5 Å². The first-order valence-corrected chi connectivity index (χ1v) is 7.85. The average Bonchev–Trinajstić information content (AvgIpc) is 2.56. The van der Waals surface area contributed by atoms with Crippen molar-refractivity contribution >= 4 is 11.8 Å². The van der Waals surface area contributed by atoms with E-state index in [-0.39, 0.29) is 18.4 Å². The van der Waals surface area contributed by atoms with Crippen LogP contribution in [-0.2, 0) is 4.79 Å². The number of hydrogen-bond acceptors (Lipinski definition) is 3. The van der Waals surface area contributed by atoms with Gasteiger partial charge in [0.15, 0.2) is 0 Å². The van der Waals surface area contributed by atoms with Gasteiger partial charge in [-0.05, 0) is 38.1 Å². The van der Waals surface area contributed by atoms with Gasteiger partial charge >= 0.3 is 0 Å². The van der Waals surface area contributed by atoms with Gasteiger partial charge in [-0.3, -0.25) is 9.59 Å². The molecule has 2 aromatic rings. The van der Waals surface area contributed by atoms with Crippen LogP contribution in [0.1, 0.15) is 21.5 Å². The van der Waals surface area contributed by atoms with Gasteiger partial charge in [0.25, 0.3) is 5.91 Å². The number of aryl methyl sites for hydroxylation is 2. The molecule has 0 aliphatic carbocycles. The molecular weight excluding hydrogens is 304 g/mol. The highest BCUT2D eigenvalue weighted by atomic mass is 16.5. The Labute approximate surface area is 142 Å². The Bertz CT molecular complexity index is 679. The van der Waals surface area contributed by atoms with E-state index in [1.807, 2.05) is 50.2 Å². The zero-order valence-electron chi connectivity index (χ0n) is 14.0. The second-order valence-electron chi connectivity index (χ2n) is 5.57. The topological polar surface area (TPSA) is 67.4 Å². The van der Waals surface area contributed by atoms with E-state index in [9.17, 15) is 9.59 Å². The van der Waals surface area contributed by atoms with Crippen molar-refractivity contribution in [3.63, 3.8) is 0 Å². The Morgan fingerprint density at radius 1 is 0.958 bits per heavy atom. The maximum atomic E-state index is 12.1. The SMILES string of the molecule is Cc1cc(C)cc(C(=O)NCC(=O)NCCOc2ccccc2)c1. The van der Waals surface area contributed by atoms with Crippen LogP contribution in [0.3, 0.4) is 0 Å². The van der Waals surface area contributed by atoms with Crippen LogP contribution < -0.4 is 15.4 Å². The van der Waals surface area contributed by atoms with Gasteiger partial charge in [-0.1, -0.05) is 35.4 Å². The predicted octanol–water partition coefficient (Wildman–Crippen LogP) is 2.23. The van der Waals surface area contributed by atoms with Crippen molar-refractivity contribution in [2.45, 2.75) is 13.8 Å². The normalized spacial score (nSPS) is 10.1. The lowest BCUT2D eigenvalue weighted by atomic mass is 10.1. The smallest absolute Gasteiger partial charge is 0.251 e. The molecule has 0 bridgehead atoms. The number of rotatable bonds is 7. The molecular formula is C19H22N2O3. The fourth-order valence-corrected chi connectivity index (χ4v) is 2.31. The van der Waals surface area contributed by atoms with Gasteiger partial charge in [0.1, 0.15) is 12.4 Å². The molecule has 2 N–H and O–H groups in total. The molecule has 0 saturated carbocycles. The summed E-state index contributed by atoms with van der Waals surface area (Å²) in [7, 11) is 0. The lowest BCUT2D eigenvalue weighted by Gasteiger charge is -2.09. The molecule has 0 unspecified atom stereocenters. The zero-order valence-corrected chi connectivity index (χ0v) is 14.0. The molecule has 5 heteroatoms. The van der Waals surface area contributed by atoms with Crippen LogP contribution in [0.15, 0.2) is 48.5 Å². The van der Waals surface area contributed by atoms with E-state index in [0.29, 0.717) is 18.7 Å². The summed E-state index contributed by atoms with van der Waals surface area (Å²) >= 11 is 0. The van der Waals surface area contributed by atoms with Gasteiger partial charge in [-0.2, -0.15) is 0 Å². The van der Waals surface area contributed by atoms with Crippen molar-refractivity contribution < 1.29 is 14.3 Å². The Morgan fingerprint density at radius 2 is 1.62 bits per heavy atom. The molecule has 2 rings (SSSR count). The molecule has 0 spiro atoms. The van der Waals surface area contributed by atoms with Gasteiger partial charge in [0.2, 0.25) is 5.91 Å². The van der Waals surface area contributed by atoms with Gasteiger partial charge in [-0.15, -0.1) is 0 Å². The van der Waals surface area contributed by atoms with E-state index < -0.39 is 0 Å².